The first-order chi connectivity index (χ1) is 8.28. The van der Waals surface area contributed by atoms with Crippen molar-refractivity contribution in [1.82, 2.24) is 4.98 Å². The molecule has 98 valence electrons. The molecule has 0 spiro atoms. The third-order valence-corrected chi connectivity index (χ3v) is 4.19. The normalized spacial score (nSPS) is 12.0. The minimum absolute atomic E-state index is 0.137. The zero-order chi connectivity index (χ0) is 13.5. The Morgan fingerprint density at radius 2 is 2.28 bits per heavy atom. The van der Waals surface area contributed by atoms with Crippen LogP contribution in [0.25, 0.3) is 10.2 Å². The molecule has 1 heterocycles. The number of ether oxygens (including phenoxy) is 1. The highest BCUT2D eigenvalue weighted by molar-refractivity contribution is 9.10. The van der Waals surface area contributed by atoms with Crippen LogP contribution in [0.15, 0.2) is 10.5 Å². The summed E-state index contributed by atoms with van der Waals surface area (Å²) >= 11 is 4.27. The fourth-order valence-electron chi connectivity index (χ4n) is 1.29. The average molecular weight is 357 g/mol. The van der Waals surface area contributed by atoms with Gasteiger partial charge in [0.1, 0.15) is 5.52 Å². The van der Waals surface area contributed by atoms with Gasteiger partial charge in [0.05, 0.1) is 4.70 Å². The summed E-state index contributed by atoms with van der Waals surface area (Å²) in [7, 11) is -4.39. The lowest BCUT2D eigenvalue weighted by Crippen LogP contribution is -2.01. The molecule has 0 saturated carbocycles. The molecule has 0 radical (unpaired) electrons. The van der Waals surface area contributed by atoms with E-state index in [1.807, 2.05) is 0 Å². The number of hydrogen-bond acceptors (Lipinski definition) is 5. The van der Waals surface area contributed by atoms with Gasteiger partial charge in [0.15, 0.2) is 23.0 Å². The number of nitrogens with zero attached hydrogens (tertiary/aromatic N) is 1. The number of anilines is 1. The Balaban J connectivity index is 2.52. The Labute approximate surface area is 113 Å². The van der Waals surface area contributed by atoms with Crippen molar-refractivity contribution in [2.24, 2.45) is 0 Å². The number of rotatable bonds is 3. The van der Waals surface area contributed by atoms with Crippen molar-refractivity contribution in [3.8, 4) is 5.75 Å². The van der Waals surface area contributed by atoms with E-state index in [1.54, 1.807) is 0 Å². The third-order valence-electron chi connectivity index (χ3n) is 1.92. The van der Waals surface area contributed by atoms with Gasteiger partial charge in [-0.3, -0.25) is 4.57 Å². The minimum Gasteiger partial charge on any atom is -0.476 e. The van der Waals surface area contributed by atoms with Crippen LogP contribution in [-0.2, 0) is 4.57 Å². The van der Waals surface area contributed by atoms with Crippen molar-refractivity contribution in [3.63, 3.8) is 0 Å². The van der Waals surface area contributed by atoms with E-state index in [1.165, 1.54) is 0 Å². The summed E-state index contributed by atoms with van der Waals surface area (Å²) in [5, 5.41) is 0.206. The Kier molecular flexibility index (Phi) is 3.61. The maximum Gasteiger partial charge on any atom is 0.362 e. The predicted octanol–water partition coefficient (Wildman–Crippen LogP) is 2.29. The molecule has 2 rings (SSSR count). The summed E-state index contributed by atoms with van der Waals surface area (Å²) in [6.45, 7) is 0. The van der Waals surface area contributed by atoms with Crippen molar-refractivity contribution >= 4 is 50.2 Å². The Bertz CT molecular complexity index is 658. The average Bonchev–Trinajstić information content (AvgIpc) is 2.58. The van der Waals surface area contributed by atoms with E-state index in [0.717, 1.165) is 17.4 Å². The van der Waals surface area contributed by atoms with Crippen molar-refractivity contribution < 1.29 is 23.5 Å². The van der Waals surface area contributed by atoms with Gasteiger partial charge in [0, 0.05) is 4.47 Å². The molecule has 2 aromatic rings. The SMILES string of the molecule is Nc1nc2c(OCP(=O)(O)O)c(F)cc(Br)c2s1. The summed E-state index contributed by atoms with van der Waals surface area (Å²) in [6, 6.07) is 1.13. The highest BCUT2D eigenvalue weighted by Crippen LogP contribution is 2.41. The van der Waals surface area contributed by atoms with Crippen LogP contribution in [0.4, 0.5) is 9.52 Å². The van der Waals surface area contributed by atoms with Gasteiger partial charge < -0.3 is 20.3 Å². The number of benzene rings is 1. The molecule has 18 heavy (non-hydrogen) atoms. The van der Waals surface area contributed by atoms with Crippen LogP contribution in [0.1, 0.15) is 0 Å². The number of nitrogen functional groups attached to an aromatic ring is 1. The first-order valence-electron chi connectivity index (χ1n) is 4.49. The van der Waals surface area contributed by atoms with Gasteiger partial charge in [-0.1, -0.05) is 11.3 Å². The van der Waals surface area contributed by atoms with Gasteiger partial charge >= 0.3 is 7.60 Å². The lowest BCUT2D eigenvalue weighted by Gasteiger charge is -2.09. The predicted molar refractivity (Wildman–Crippen MR) is 69.2 cm³/mol. The molecule has 0 aliphatic heterocycles. The molecule has 4 N–H and O–H groups in total. The summed E-state index contributed by atoms with van der Waals surface area (Å²) in [5.41, 5.74) is 5.65. The molecule has 0 unspecified atom stereocenters. The van der Waals surface area contributed by atoms with E-state index in [2.05, 4.69) is 20.9 Å². The van der Waals surface area contributed by atoms with E-state index < -0.39 is 19.8 Å². The monoisotopic (exact) mass is 356 g/mol. The number of aromatic nitrogens is 1. The fraction of sp³-hybridized carbons (Fsp3) is 0.125. The van der Waals surface area contributed by atoms with Gasteiger partial charge in [-0.2, -0.15) is 0 Å². The summed E-state index contributed by atoms with van der Waals surface area (Å²) in [6.07, 6.45) is -0.919. The summed E-state index contributed by atoms with van der Waals surface area (Å²) in [5.74, 6) is -1.09. The molecule has 0 saturated heterocycles. The first-order valence-corrected chi connectivity index (χ1v) is 7.90. The second-order valence-electron chi connectivity index (χ2n) is 3.34. The smallest absolute Gasteiger partial charge is 0.362 e. The van der Waals surface area contributed by atoms with Crippen LogP contribution in [0, 0.1) is 5.82 Å². The molecule has 0 aliphatic rings. The Hall–Kier alpha value is -0.730. The molecule has 6 nitrogen and oxygen atoms in total. The van der Waals surface area contributed by atoms with Crippen molar-refractivity contribution in [1.29, 1.82) is 0 Å². The van der Waals surface area contributed by atoms with Crippen molar-refractivity contribution in [2.75, 3.05) is 12.1 Å². The van der Waals surface area contributed by atoms with Crippen molar-refractivity contribution in [3.05, 3.63) is 16.4 Å². The molecule has 0 atom stereocenters. The molecule has 0 bridgehead atoms. The molecule has 1 aromatic heterocycles. The van der Waals surface area contributed by atoms with Gasteiger partial charge in [-0.05, 0) is 22.0 Å². The molecule has 1 aromatic carbocycles. The standard InChI is InChI=1S/C8H7BrFN2O4PS/c9-3-1-4(10)6(16-2-17(13,14)15)5-7(3)18-8(11)12-5/h1H,2H2,(H2,11,12)(H2,13,14,15). The molecule has 0 aliphatic carbocycles. The van der Waals surface area contributed by atoms with E-state index in [-0.39, 0.29) is 16.4 Å². The number of fused-ring (bicyclic) bond motifs is 1. The van der Waals surface area contributed by atoms with Gasteiger partial charge in [-0.25, -0.2) is 9.37 Å². The Morgan fingerprint density at radius 1 is 1.61 bits per heavy atom. The number of halogens is 2. The first kappa shape index (κ1) is 13.7. The van der Waals surface area contributed by atoms with Gasteiger partial charge in [-0.15, -0.1) is 0 Å². The van der Waals surface area contributed by atoms with Crippen molar-refractivity contribution in [2.45, 2.75) is 0 Å². The zero-order valence-corrected chi connectivity index (χ0v) is 11.9. The second kappa shape index (κ2) is 4.75. The fourth-order valence-corrected chi connectivity index (χ4v) is 2.96. The topological polar surface area (TPSA) is 106 Å². The van der Waals surface area contributed by atoms with Gasteiger partial charge in [0.25, 0.3) is 0 Å². The molecule has 0 fully saturated rings. The van der Waals surface area contributed by atoms with Gasteiger partial charge in [0.2, 0.25) is 0 Å². The molecular formula is C8H7BrFN2O4PS. The van der Waals surface area contributed by atoms with Crippen LogP contribution in [0.3, 0.4) is 0 Å². The summed E-state index contributed by atoms with van der Waals surface area (Å²) in [4.78, 5) is 21.3. The van der Waals surface area contributed by atoms with E-state index >= 15 is 0 Å². The maximum atomic E-state index is 13.7. The summed E-state index contributed by atoms with van der Waals surface area (Å²) < 4.78 is 30.2. The third kappa shape index (κ3) is 2.81. The van der Waals surface area contributed by atoms with Crippen LogP contribution in [0.5, 0.6) is 5.75 Å². The van der Waals surface area contributed by atoms with Crippen LogP contribution in [0.2, 0.25) is 0 Å². The number of hydrogen-bond donors (Lipinski definition) is 3. The highest BCUT2D eigenvalue weighted by atomic mass is 79.9. The number of nitrogens with two attached hydrogens (primary N) is 1. The maximum absolute atomic E-state index is 13.7. The van der Waals surface area contributed by atoms with Crippen LogP contribution >= 0.6 is 34.9 Å². The zero-order valence-electron chi connectivity index (χ0n) is 8.63. The quantitative estimate of drug-likeness (QED) is 0.728. The van der Waals surface area contributed by atoms with E-state index in [0.29, 0.717) is 9.17 Å². The lowest BCUT2D eigenvalue weighted by molar-refractivity contribution is 0.294. The van der Waals surface area contributed by atoms with E-state index in [9.17, 15) is 8.96 Å². The molecule has 10 heteroatoms. The Morgan fingerprint density at radius 3 is 2.89 bits per heavy atom. The van der Waals surface area contributed by atoms with Crippen LogP contribution in [-0.4, -0.2) is 21.1 Å². The second-order valence-corrected chi connectivity index (χ2v) is 6.81. The molecule has 0 amide bonds. The molecular weight excluding hydrogens is 350 g/mol. The van der Waals surface area contributed by atoms with E-state index in [4.69, 9.17) is 20.3 Å². The minimum atomic E-state index is -4.39. The number of thiazole rings is 1. The highest BCUT2D eigenvalue weighted by Gasteiger charge is 2.20. The van der Waals surface area contributed by atoms with Crippen LogP contribution < -0.4 is 10.5 Å². The lowest BCUT2D eigenvalue weighted by atomic mass is 10.3. The largest absolute Gasteiger partial charge is 0.476 e.